The maximum absolute atomic E-state index is 11.6. The van der Waals surface area contributed by atoms with Crippen LogP contribution in [0.5, 0.6) is 0 Å². The highest BCUT2D eigenvalue weighted by Crippen LogP contribution is 2.51. The fraction of sp³-hybridized carbons (Fsp3) is 0.474. The third kappa shape index (κ3) is 3.03. The fourth-order valence-electron chi connectivity index (χ4n) is 3.99. The molecule has 4 heteroatoms. The van der Waals surface area contributed by atoms with E-state index < -0.39 is 0 Å². The predicted molar refractivity (Wildman–Crippen MR) is 88.8 cm³/mol. The largest absolute Gasteiger partial charge is 0.463 e. The maximum atomic E-state index is 11.6. The van der Waals surface area contributed by atoms with Crippen LogP contribution in [0.4, 0.5) is 0 Å². The van der Waals surface area contributed by atoms with Crippen molar-refractivity contribution in [2.45, 2.75) is 51.0 Å². The van der Waals surface area contributed by atoms with E-state index in [1.165, 1.54) is 37.8 Å². The quantitative estimate of drug-likeness (QED) is 0.870. The highest BCUT2D eigenvalue weighted by Gasteiger charge is 2.41. The SMILES string of the molecule is CC(=O)NC(COC(C)=O)C1=CC2(CCCC2)c2ccccc21. The van der Waals surface area contributed by atoms with E-state index in [2.05, 4.69) is 29.6 Å². The Kier molecular flexibility index (Phi) is 4.24. The normalized spacial score (nSPS) is 19.1. The van der Waals surface area contributed by atoms with Crippen molar-refractivity contribution in [2.24, 2.45) is 0 Å². The molecule has 0 aromatic heterocycles. The van der Waals surface area contributed by atoms with E-state index in [4.69, 9.17) is 4.74 Å². The van der Waals surface area contributed by atoms with Crippen LogP contribution in [0.2, 0.25) is 0 Å². The standard InChI is InChI=1S/C19H23NO3/c1-13(21)20-18(12-23-14(2)22)16-11-19(9-5-6-10-19)17-8-4-3-7-15(16)17/h3-4,7-8,11,18H,5-6,9-10,12H2,1-2H3,(H,20,21). The molecule has 4 nitrogen and oxygen atoms in total. The minimum Gasteiger partial charge on any atom is -0.463 e. The van der Waals surface area contributed by atoms with Crippen LogP contribution in [0, 0.1) is 0 Å². The van der Waals surface area contributed by atoms with Gasteiger partial charge < -0.3 is 10.1 Å². The Morgan fingerprint density at radius 3 is 2.57 bits per heavy atom. The molecule has 2 aliphatic rings. The van der Waals surface area contributed by atoms with Crippen molar-refractivity contribution in [3.8, 4) is 0 Å². The second kappa shape index (κ2) is 6.19. The molecule has 1 aromatic carbocycles. The summed E-state index contributed by atoms with van der Waals surface area (Å²) in [6.07, 6.45) is 7.07. The molecule has 1 saturated carbocycles. The molecule has 0 aliphatic heterocycles. The van der Waals surface area contributed by atoms with E-state index in [9.17, 15) is 9.59 Å². The summed E-state index contributed by atoms with van der Waals surface area (Å²) in [5, 5.41) is 2.94. The molecule has 0 radical (unpaired) electrons. The van der Waals surface area contributed by atoms with E-state index in [0.29, 0.717) is 0 Å². The van der Waals surface area contributed by atoms with Gasteiger partial charge in [-0.3, -0.25) is 9.59 Å². The summed E-state index contributed by atoms with van der Waals surface area (Å²) in [6, 6.07) is 8.11. The lowest BCUT2D eigenvalue weighted by molar-refractivity contribution is -0.141. The Morgan fingerprint density at radius 2 is 1.91 bits per heavy atom. The summed E-state index contributed by atoms with van der Waals surface area (Å²) in [6.45, 7) is 3.05. The first-order valence-electron chi connectivity index (χ1n) is 8.25. The molecular weight excluding hydrogens is 290 g/mol. The van der Waals surface area contributed by atoms with E-state index in [1.54, 1.807) is 0 Å². The molecule has 1 fully saturated rings. The highest BCUT2D eigenvalue weighted by molar-refractivity contribution is 5.84. The zero-order valence-electron chi connectivity index (χ0n) is 13.7. The number of hydrogen-bond donors (Lipinski definition) is 1. The van der Waals surface area contributed by atoms with Gasteiger partial charge in [-0.1, -0.05) is 43.2 Å². The number of carbonyl (C=O) groups is 2. The van der Waals surface area contributed by atoms with Crippen LogP contribution < -0.4 is 5.32 Å². The van der Waals surface area contributed by atoms with E-state index in [0.717, 1.165) is 18.4 Å². The molecule has 0 bridgehead atoms. The molecule has 1 N–H and O–H groups in total. The summed E-state index contributed by atoms with van der Waals surface area (Å²) in [4.78, 5) is 22.8. The zero-order chi connectivity index (χ0) is 16.4. The first-order valence-corrected chi connectivity index (χ1v) is 8.25. The van der Waals surface area contributed by atoms with Crippen molar-refractivity contribution in [3.05, 3.63) is 41.5 Å². The van der Waals surface area contributed by atoms with Gasteiger partial charge >= 0.3 is 5.97 Å². The molecule has 3 rings (SSSR count). The van der Waals surface area contributed by atoms with Crippen LogP contribution >= 0.6 is 0 Å². The molecule has 1 amide bonds. The number of nitrogens with one attached hydrogen (secondary N) is 1. The van der Waals surface area contributed by atoms with Gasteiger partial charge in [-0.15, -0.1) is 0 Å². The Balaban J connectivity index is 1.97. The van der Waals surface area contributed by atoms with Crippen molar-refractivity contribution in [1.82, 2.24) is 5.32 Å². The van der Waals surface area contributed by atoms with Gasteiger partial charge in [0, 0.05) is 19.3 Å². The number of carbonyl (C=O) groups excluding carboxylic acids is 2. The molecule has 2 aliphatic carbocycles. The minimum absolute atomic E-state index is 0.0961. The van der Waals surface area contributed by atoms with Gasteiger partial charge in [0.15, 0.2) is 0 Å². The Hall–Kier alpha value is -2.10. The highest BCUT2D eigenvalue weighted by atomic mass is 16.5. The van der Waals surface area contributed by atoms with Gasteiger partial charge in [0.05, 0.1) is 6.04 Å². The van der Waals surface area contributed by atoms with Gasteiger partial charge in [-0.25, -0.2) is 0 Å². The van der Waals surface area contributed by atoms with Crippen LogP contribution in [0.1, 0.15) is 50.7 Å². The molecule has 1 atom stereocenters. The molecule has 0 heterocycles. The molecule has 0 saturated heterocycles. The average molecular weight is 313 g/mol. The van der Waals surface area contributed by atoms with Crippen molar-refractivity contribution >= 4 is 17.4 Å². The first kappa shape index (κ1) is 15.8. The summed E-state index contributed by atoms with van der Waals surface area (Å²) in [5.41, 5.74) is 3.71. The number of rotatable bonds is 4. The van der Waals surface area contributed by atoms with Gasteiger partial charge in [-0.05, 0) is 29.5 Å². The van der Waals surface area contributed by atoms with E-state index in [1.807, 2.05) is 6.07 Å². The number of fused-ring (bicyclic) bond motifs is 2. The van der Waals surface area contributed by atoms with E-state index in [-0.39, 0.29) is 29.9 Å². The zero-order valence-corrected chi connectivity index (χ0v) is 13.7. The first-order chi connectivity index (χ1) is 11.0. The Labute approximate surface area is 136 Å². The lowest BCUT2D eigenvalue weighted by Crippen LogP contribution is -2.38. The smallest absolute Gasteiger partial charge is 0.302 e. The summed E-state index contributed by atoms with van der Waals surface area (Å²) < 4.78 is 5.19. The van der Waals surface area contributed by atoms with Crippen LogP contribution in [0.15, 0.2) is 30.3 Å². The number of benzene rings is 1. The number of allylic oxidation sites excluding steroid dienone is 1. The molecule has 1 aromatic rings. The third-order valence-electron chi connectivity index (χ3n) is 4.91. The molecule has 23 heavy (non-hydrogen) atoms. The van der Waals surface area contributed by atoms with Crippen LogP contribution in [-0.2, 0) is 19.7 Å². The van der Waals surface area contributed by atoms with Crippen molar-refractivity contribution in [1.29, 1.82) is 0 Å². The second-order valence-corrected chi connectivity index (χ2v) is 6.56. The molecule has 122 valence electrons. The van der Waals surface area contributed by atoms with Crippen molar-refractivity contribution in [2.75, 3.05) is 6.61 Å². The number of amides is 1. The lowest BCUT2D eigenvalue weighted by Gasteiger charge is -2.22. The molecule has 1 unspecified atom stereocenters. The number of ether oxygens (including phenoxy) is 1. The monoisotopic (exact) mass is 313 g/mol. The van der Waals surface area contributed by atoms with Crippen molar-refractivity contribution in [3.63, 3.8) is 0 Å². The van der Waals surface area contributed by atoms with Gasteiger partial charge in [0.25, 0.3) is 0 Å². The van der Waals surface area contributed by atoms with Gasteiger partial charge in [-0.2, -0.15) is 0 Å². The number of hydrogen-bond acceptors (Lipinski definition) is 3. The second-order valence-electron chi connectivity index (χ2n) is 6.56. The molecular formula is C19H23NO3. The fourth-order valence-corrected chi connectivity index (χ4v) is 3.99. The Bertz CT molecular complexity index is 656. The van der Waals surface area contributed by atoms with Crippen LogP contribution in [-0.4, -0.2) is 24.5 Å². The summed E-state index contributed by atoms with van der Waals surface area (Å²) in [5.74, 6) is -0.448. The minimum atomic E-state index is -0.331. The van der Waals surface area contributed by atoms with Crippen LogP contribution in [0.25, 0.3) is 5.57 Å². The number of esters is 1. The maximum Gasteiger partial charge on any atom is 0.302 e. The topological polar surface area (TPSA) is 55.4 Å². The van der Waals surface area contributed by atoms with Gasteiger partial charge in [0.1, 0.15) is 6.61 Å². The average Bonchev–Trinajstić information content (AvgIpc) is 3.10. The van der Waals surface area contributed by atoms with Gasteiger partial charge in [0.2, 0.25) is 5.91 Å². The lowest BCUT2D eigenvalue weighted by atomic mass is 9.81. The summed E-state index contributed by atoms with van der Waals surface area (Å²) >= 11 is 0. The van der Waals surface area contributed by atoms with Crippen molar-refractivity contribution < 1.29 is 14.3 Å². The molecule has 1 spiro atoms. The van der Waals surface area contributed by atoms with Crippen LogP contribution in [0.3, 0.4) is 0 Å². The summed E-state index contributed by atoms with van der Waals surface area (Å²) in [7, 11) is 0. The van der Waals surface area contributed by atoms with E-state index >= 15 is 0 Å². The predicted octanol–water partition coefficient (Wildman–Crippen LogP) is 2.96. The third-order valence-corrected chi connectivity index (χ3v) is 4.91. The Morgan fingerprint density at radius 1 is 1.22 bits per heavy atom.